The van der Waals surface area contributed by atoms with Gasteiger partial charge in [0.25, 0.3) is 0 Å². The van der Waals surface area contributed by atoms with Gasteiger partial charge in [0, 0.05) is 5.41 Å². The first-order valence-electron chi connectivity index (χ1n) is 5.20. The Morgan fingerprint density at radius 2 is 1.62 bits per heavy atom. The summed E-state index contributed by atoms with van der Waals surface area (Å²) in [6.07, 6.45) is 0.871. The predicted molar refractivity (Wildman–Crippen MR) is 55.5 cm³/mol. The van der Waals surface area contributed by atoms with Crippen molar-refractivity contribution in [1.82, 2.24) is 0 Å². The average molecular weight is 188 g/mol. The minimum Gasteiger partial charge on any atom is -0.392 e. The van der Waals surface area contributed by atoms with Gasteiger partial charge in [-0.3, -0.25) is 0 Å². The highest BCUT2D eigenvalue weighted by atomic mass is 16.3. The molecule has 0 saturated carbocycles. The van der Waals surface area contributed by atoms with Crippen LogP contribution in [0.1, 0.15) is 47.5 Å². The second-order valence-corrected chi connectivity index (χ2v) is 4.81. The van der Waals surface area contributed by atoms with Crippen molar-refractivity contribution in [2.45, 2.75) is 59.7 Å². The second kappa shape index (κ2) is 4.97. The monoisotopic (exact) mass is 188 g/mol. The predicted octanol–water partition coefficient (Wildman–Crippen LogP) is 2.19. The van der Waals surface area contributed by atoms with Gasteiger partial charge in [0.15, 0.2) is 0 Å². The molecule has 0 aromatic heterocycles. The summed E-state index contributed by atoms with van der Waals surface area (Å²) in [5, 5.41) is 19.7. The van der Waals surface area contributed by atoms with E-state index in [2.05, 4.69) is 0 Å². The van der Waals surface area contributed by atoms with Crippen LogP contribution in [0.15, 0.2) is 0 Å². The highest BCUT2D eigenvalue weighted by Gasteiger charge is 2.36. The summed E-state index contributed by atoms with van der Waals surface area (Å²) in [6, 6.07) is 0. The van der Waals surface area contributed by atoms with E-state index in [9.17, 15) is 10.2 Å². The minimum atomic E-state index is -0.436. The molecule has 0 aliphatic rings. The fourth-order valence-electron chi connectivity index (χ4n) is 1.70. The van der Waals surface area contributed by atoms with Gasteiger partial charge in [0.1, 0.15) is 0 Å². The van der Waals surface area contributed by atoms with E-state index in [0.29, 0.717) is 0 Å². The molecule has 2 nitrogen and oxygen atoms in total. The van der Waals surface area contributed by atoms with Crippen molar-refractivity contribution in [3.8, 4) is 0 Å². The molecule has 0 heterocycles. The quantitative estimate of drug-likeness (QED) is 0.694. The fourth-order valence-corrected chi connectivity index (χ4v) is 1.70. The van der Waals surface area contributed by atoms with Crippen LogP contribution < -0.4 is 0 Å². The van der Waals surface area contributed by atoms with Crippen LogP contribution in [0, 0.1) is 11.3 Å². The van der Waals surface area contributed by atoms with Gasteiger partial charge in [0.2, 0.25) is 0 Å². The highest BCUT2D eigenvalue weighted by molar-refractivity contribution is 4.86. The van der Waals surface area contributed by atoms with Crippen molar-refractivity contribution < 1.29 is 10.2 Å². The molecular weight excluding hydrogens is 164 g/mol. The Balaban J connectivity index is 4.35. The van der Waals surface area contributed by atoms with Gasteiger partial charge in [-0.05, 0) is 12.3 Å². The van der Waals surface area contributed by atoms with Gasteiger partial charge in [-0.25, -0.2) is 0 Å². The van der Waals surface area contributed by atoms with E-state index in [-0.39, 0.29) is 5.92 Å². The van der Waals surface area contributed by atoms with E-state index in [4.69, 9.17) is 0 Å². The molecule has 0 aromatic rings. The SMILES string of the molecule is CCCC(O)C(C)(C)C(O)C(C)C. The Morgan fingerprint density at radius 1 is 1.15 bits per heavy atom. The zero-order chi connectivity index (χ0) is 10.6. The molecule has 13 heavy (non-hydrogen) atoms. The number of aliphatic hydroxyl groups is 2. The summed E-state index contributed by atoms with van der Waals surface area (Å²) in [7, 11) is 0. The molecule has 0 amide bonds. The van der Waals surface area contributed by atoms with Crippen molar-refractivity contribution in [2.75, 3.05) is 0 Å². The van der Waals surface area contributed by atoms with Crippen molar-refractivity contribution in [2.24, 2.45) is 11.3 Å². The van der Waals surface area contributed by atoms with Gasteiger partial charge < -0.3 is 10.2 Å². The average Bonchev–Trinajstić information content (AvgIpc) is 2.03. The molecule has 80 valence electrons. The number of aliphatic hydroxyl groups excluding tert-OH is 2. The summed E-state index contributed by atoms with van der Waals surface area (Å²) >= 11 is 0. The van der Waals surface area contributed by atoms with E-state index >= 15 is 0 Å². The van der Waals surface area contributed by atoms with Crippen molar-refractivity contribution in [3.63, 3.8) is 0 Å². The van der Waals surface area contributed by atoms with E-state index in [1.54, 1.807) is 0 Å². The van der Waals surface area contributed by atoms with Gasteiger partial charge in [-0.1, -0.05) is 41.0 Å². The fraction of sp³-hybridized carbons (Fsp3) is 1.00. The third kappa shape index (κ3) is 3.28. The Hall–Kier alpha value is -0.0800. The van der Waals surface area contributed by atoms with E-state index in [1.807, 2.05) is 34.6 Å². The van der Waals surface area contributed by atoms with Crippen LogP contribution in [0.2, 0.25) is 0 Å². The molecule has 0 aromatic carbocycles. The molecule has 0 radical (unpaired) electrons. The molecule has 2 N–H and O–H groups in total. The van der Waals surface area contributed by atoms with Gasteiger partial charge in [-0.2, -0.15) is 0 Å². The molecule has 2 unspecified atom stereocenters. The maximum atomic E-state index is 9.89. The lowest BCUT2D eigenvalue weighted by Gasteiger charge is -2.37. The molecule has 0 saturated heterocycles. The lowest BCUT2D eigenvalue weighted by Crippen LogP contribution is -2.43. The van der Waals surface area contributed by atoms with Crippen LogP contribution in [-0.2, 0) is 0 Å². The molecular formula is C11H24O2. The number of hydrogen-bond acceptors (Lipinski definition) is 2. The standard InChI is InChI=1S/C11H24O2/c1-6-7-9(12)11(4,5)10(13)8(2)3/h8-10,12-13H,6-7H2,1-5H3. The molecule has 0 aliphatic carbocycles. The smallest absolute Gasteiger partial charge is 0.0638 e. The van der Waals surface area contributed by atoms with Gasteiger partial charge in [0.05, 0.1) is 12.2 Å². The van der Waals surface area contributed by atoms with Crippen molar-refractivity contribution in [3.05, 3.63) is 0 Å². The van der Waals surface area contributed by atoms with E-state index < -0.39 is 17.6 Å². The summed E-state index contributed by atoms with van der Waals surface area (Å²) < 4.78 is 0. The Kier molecular flexibility index (Phi) is 4.93. The molecule has 2 heteroatoms. The molecule has 0 rings (SSSR count). The summed E-state index contributed by atoms with van der Waals surface area (Å²) in [4.78, 5) is 0. The van der Waals surface area contributed by atoms with E-state index in [1.165, 1.54) is 0 Å². The largest absolute Gasteiger partial charge is 0.392 e. The van der Waals surface area contributed by atoms with E-state index in [0.717, 1.165) is 12.8 Å². The maximum absolute atomic E-state index is 9.89. The summed E-state index contributed by atoms with van der Waals surface area (Å²) in [5.74, 6) is 0.196. The van der Waals surface area contributed by atoms with Crippen LogP contribution in [0.4, 0.5) is 0 Å². The lowest BCUT2D eigenvalue weighted by atomic mass is 9.75. The maximum Gasteiger partial charge on any atom is 0.0638 e. The summed E-state index contributed by atoms with van der Waals surface area (Å²) in [5.41, 5.74) is -0.399. The molecule has 0 spiro atoms. The van der Waals surface area contributed by atoms with Crippen LogP contribution in [-0.4, -0.2) is 22.4 Å². The van der Waals surface area contributed by atoms with Crippen LogP contribution >= 0.6 is 0 Å². The third-order valence-corrected chi connectivity index (χ3v) is 2.81. The highest BCUT2D eigenvalue weighted by Crippen LogP contribution is 2.31. The zero-order valence-corrected chi connectivity index (χ0v) is 9.54. The first kappa shape index (κ1) is 12.9. The van der Waals surface area contributed by atoms with Crippen molar-refractivity contribution in [1.29, 1.82) is 0 Å². The molecule has 0 aliphatic heterocycles. The van der Waals surface area contributed by atoms with Crippen LogP contribution in [0.25, 0.3) is 0 Å². The molecule has 2 atom stereocenters. The summed E-state index contributed by atoms with van der Waals surface area (Å²) in [6.45, 7) is 9.85. The second-order valence-electron chi connectivity index (χ2n) is 4.81. The van der Waals surface area contributed by atoms with Gasteiger partial charge in [-0.15, -0.1) is 0 Å². The Bertz CT molecular complexity index is 141. The van der Waals surface area contributed by atoms with Crippen LogP contribution in [0.5, 0.6) is 0 Å². The Labute approximate surface area is 82.0 Å². The number of hydrogen-bond donors (Lipinski definition) is 2. The van der Waals surface area contributed by atoms with Crippen molar-refractivity contribution >= 4 is 0 Å². The Morgan fingerprint density at radius 3 is 1.92 bits per heavy atom. The number of rotatable bonds is 5. The first-order valence-corrected chi connectivity index (χ1v) is 5.20. The minimum absolute atomic E-state index is 0.196. The molecule has 0 bridgehead atoms. The zero-order valence-electron chi connectivity index (χ0n) is 9.54. The third-order valence-electron chi connectivity index (χ3n) is 2.81. The topological polar surface area (TPSA) is 40.5 Å². The first-order chi connectivity index (χ1) is 5.84. The van der Waals surface area contributed by atoms with Crippen LogP contribution in [0.3, 0.4) is 0 Å². The lowest BCUT2D eigenvalue weighted by molar-refractivity contribution is -0.0704. The normalized spacial score (nSPS) is 17.5. The van der Waals surface area contributed by atoms with Gasteiger partial charge >= 0.3 is 0 Å². The molecule has 0 fully saturated rings.